The molecule has 1 atom stereocenters. The number of benzene rings is 2. The maximum Gasteiger partial charge on any atom is 0.235 e. The smallest absolute Gasteiger partial charge is 0.235 e. The Morgan fingerprint density at radius 2 is 1.96 bits per heavy atom. The molecule has 0 unspecified atom stereocenters. The molecule has 0 saturated carbocycles. The normalized spacial score (nSPS) is 11.7. The van der Waals surface area contributed by atoms with E-state index >= 15 is 0 Å². The van der Waals surface area contributed by atoms with E-state index in [0.29, 0.717) is 17.2 Å². The molecule has 0 spiro atoms. The number of rotatable bonds is 7. The van der Waals surface area contributed by atoms with E-state index in [2.05, 4.69) is 25.9 Å². The van der Waals surface area contributed by atoms with Crippen LogP contribution in [0.4, 0.5) is 10.1 Å². The number of carbonyl (C=O) groups is 1. The summed E-state index contributed by atoms with van der Waals surface area (Å²) in [6.45, 7) is 0. The van der Waals surface area contributed by atoms with Crippen molar-refractivity contribution < 1.29 is 18.7 Å². The number of amides is 1. The number of methoxy groups -OCH3 is 2. The van der Waals surface area contributed by atoms with E-state index in [1.54, 1.807) is 32.4 Å². The summed E-state index contributed by atoms with van der Waals surface area (Å²) in [7, 11) is 3.11. The summed E-state index contributed by atoms with van der Waals surface area (Å²) in [5.74, 6) is 0.00138. The number of aromatic amines is 1. The van der Waals surface area contributed by atoms with Crippen molar-refractivity contribution in [3.8, 4) is 11.5 Å². The van der Waals surface area contributed by atoms with E-state index in [-0.39, 0.29) is 24.0 Å². The molecule has 2 aromatic carbocycles. The average Bonchev–Trinajstić information content (AvgIpc) is 3.22. The summed E-state index contributed by atoms with van der Waals surface area (Å²) in [6, 6.07) is 10.8. The van der Waals surface area contributed by atoms with E-state index in [1.165, 1.54) is 24.3 Å². The highest BCUT2D eigenvalue weighted by Gasteiger charge is 2.27. The Labute approximate surface area is 154 Å². The van der Waals surface area contributed by atoms with Gasteiger partial charge in [0.2, 0.25) is 5.91 Å². The van der Waals surface area contributed by atoms with Crippen LogP contribution in [0, 0.1) is 5.82 Å². The molecule has 0 aliphatic carbocycles. The summed E-state index contributed by atoms with van der Waals surface area (Å²) in [4.78, 5) is 12.9. The van der Waals surface area contributed by atoms with Crippen LogP contribution in [0.2, 0.25) is 0 Å². The summed E-state index contributed by atoms with van der Waals surface area (Å²) in [5, 5.41) is 16.5. The number of tetrazole rings is 1. The number of halogens is 1. The van der Waals surface area contributed by atoms with Gasteiger partial charge in [-0.05, 0) is 54.4 Å². The predicted molar refractivity (Wildman–Crippen MR) is 95.2 cm³/mol. The third kappa shape index (κ3) is 4.38. The zero-order valence-electron chi connectivity index (χ0n) is 14.8. The predicted octanol–water partition coefficient (Wildman–Crippen LogP) is 2.32. The van der Waals surface area contributed by atoms with Crippen molar-refractivity contribution in [2.45, 2.75) is 12.3 Å². The lowest BCUT2D eigenvalue weighted by Crippen LogP contribution is -2.24. The fraction of sp³-hybridized carbons (Fsp3) is 0.222. The highest BCUT2D eigenvalue weighted by molar-refractivity contribution is 5.95. The number of carbonyl (C=O) groups excluding carboxylic acids is 1. The fourth-order valence-corrected chi connectivity index (χ4v) is 2.64. The van der Waals surface area contributed by atoms with Crippen molar-refractivity contribution in [2.75, 3.05) is 19.5 Å². The fourth-order valence-electron chi connectivity index (χ4n) is 2.64. The molecule has 2 N–H and O–H groups in total. The first-order valence-corrected chi connectivity index (χ1v) is 8.11. The second-order valence-corrected chi connectivity index (χ2v) is 5.70. The number of H-pyrrole nitrogens is 1. The lowest BCUT2D eigenvalue weighted by molar-refractivity contribution is -0.117. The summed E-state index contributed by atoms with van der Waals surface area (Å²) in [6.07, 6.45) is 0.257. The molecule has 0 radical (unpaired) electrons. The minimum Gasteiger partial charge on any atom is -0.497 e. The molecule has 3 rings (SSSR count). The summed E-state index contributed by atoms with van der Waals surface area (Å²) < 4.78 is 23.7. The quantitative estimate of drug-likeness (QED) is 0.661. The van der Waals surface area contributed by atoms with Crippen molar-refractivity contribution in [2.24, 2.45) is 0 Å². The molecule has 3 aromatic rings. The van der Waals surface area contributed by atoms with Gasteiger partial charge in [-0.1, -0.05) is 5.21 Å². The van der Waals surface area contributed by atoms with Crippen LogP contribution >= 0.6 is 0 Å². The molecule has 27 heavy (non-hydrogen) atoms. The Morgan fingerprint density at radius 1 is 1.19 bits per heavy atom. The molecular weight excluding hydrogens is 353 g/mol. The minimum absolute atomic E-state index is 0.236. The van der Waals surface area contributed by atoms with E-state index < -0.39 is 5.92 Å². The molecule has 0 fully saturated rings. The number of nitrogens with zero attached hydrogens (tertiary/aromatic N) is 3. The van der Waals surface area contributed by atoms with E-state index in [0.717, 1.165) is 5.56 Å². The van der Waals surface area contributed by atoms with Crippen molar-refractivity contribution >= 4 is 11.6 Å². The zero-order chi connectivity index (χ0) is 19.2. The highest BCUT2D eigenvalue weighted by atomic mass is 19.1. The summed E-state index contributed by atoms with van der Waals surface area (Å²) >= 11 is 0. The molecule has 0 aliphatic heterocycles. The van der Waals surface area contributed by atoms with Gasteiger partial charge in [-0.3, -0.25) is 4.79 Å². The van der Waals surface area contributed by atoms with Gasteiger partial charge in [-0.2, -0.15) is 5.21 Å². The van der Waals surface area contributed by atoms with Crippen molar-refractivity contribution in [3.63, 3.8) is 0 Å². The van der Waals surface area contributed by atoms with Gasteiger partial charge in [0.25, 0.3) is 0 Å². The number of hydrogen-bond acceptors (Lipinski definition) is 6. The molecule has 0 aliphatic rings. The topological polar surface area (TPSA) is 102 Å². The largest absolute Gasteiger partial charge is 0.497 e. The summed E-state index contributed by atoms with van der Waals surface area (Å²) in [5.41, 5.74) is 1.22. The highest BCUT2D eigenvalue weighted by Crippen LogP contribution is 2.29. The zero-order valence-corrected chi connectivity index (χ0v) is 14.8. The van der Waals surface area contributed by atoms with Gasteiger partial charge in [-0.15, -0.1) is 10.2 Å². The number of hydrogen-bond donors (Lipinski definition) is 2. The van der Waals surface area contributed by atoms with Crippen LogP contribution in [0.15, 0.2) is 42.5 Å². The van der Waals surface area contributed by atoms with Crippen molar-refractivity contribution in [3.05, 3.63) is 59.7 Å². The van der Waals surface area contributed by atoms with Crippen LogP contribution in [0.5, 0.6) is 11.5 Å². The number of anilines is 1. The lowest BCUT2D eigenvalue weighted by Gasteiger charge is -2.16. The molecular formula is C18H18FN5O3. The van der Waals surface area contributed by atoms with Gasteiger partial charge >= 0.3 is 0 Å². The molecule has 0 saturated heterocycles. The Morgan fingerprint density at radius 3 is 2.59 bits per heavy atom. The standard InChI is InChI=1S/C18H18FN5O3/c1-26-14-7-8-16(27-2)11(9-14)10-15(17-21-23-24-22-17)18(25)20-13-5-3-12(19)4-6-13/h3-9,15H,10H2,1-2H3,(H,20,25)(H,21,22,23,24)/t15-/m0/s1. The molecule has 1 amide bonds. The van der Waals surface area contributed by atoms with Crippen LogP contribution in [-0.2, 0) is 11.2 Å². The van der Waals surface area contributed by atoms with Gasteiger partial charge in [0.1, 0.15) is 23.2 Å². The number of aromatic nitrogens is 4. The van der Waals surface area contributed by atoms with Crippen LogP contribution in [0.25, 0.3) is 0 Å². The first-order chi connectivity index (χ1) is 13.1. The van der Waals surface area contributed by atoms with Crippen LogP contribution in [-0.4, -0.2) is 40.8 Å². The van der Waals surface area contributed by atoms with Gasteiger partial charge in [0.15, 0.2) is 5.82 Å². The van der Waals surface area contributed by atoms with Gasteiger partial charge in [0, 0.05) is 5.69 Å². The molecule has 1 heterocycles. The Kier molecular flexibility index (Phi) is 5.60. The van der Waals surface area contributed by atoms with Crippen LogP contribution < -0.4 is 14.8 Å². The Bertz CT molecular complexity index is 900. The van der Waals surface area contributed by atoms with Gasteiger partial charge in [-0.25, -0.2) is 4.39 Å². The SMILES string of the molecule is COc1ccc(OC)c(C[C@H](C(=O)Nc2ccc(F)cc2)c2nn[nH]n2)c1. The van der Waals surface area contributed by atoms with Crippen molar-refractivity contribution in [1.29, 1.82) is 0 Å². The van der Waals surface area contributed by atoms with Gasteiger partial charge < -0.3 is 14.8 Å². The van der Waals surface area contributed by atoms with Gasteiger partial charge in [0.05, 0.1) is 14.2 Å². The second-order valence-electron chi connectivity index (χ2n) is 5.70. The molecule has 140 valence electrons. The third-order valence-electron chi connectivity index (χ3n) is 4.01. The van der Waals surface area contributed by atoms with E-state index in [9.17, 15) is 9.18 Å². The maximum absolute atomic E-state index is 13.1. The number of ether oxygens (including phenoxy) is 2. The van der Waals surface area contributed by atoms with Crippen LogP contribution in [0.3, 0.4) is 0 Å². The monoisotopic (exact) mass is 371 g/mol. The minimum atomic E-state index is -0.741. The Balaban J connectivity index is 1.88. The van der Waals surface area contributed by atoms with Crippen molar-refractivity contribution in [1.82, 2.24) is 20.6 Å². The number of nitrogens with one attached hydrogen (secondary N) is 2. The van der Waals surface area contributed by atoms with Crippen LogP contribution in [0.1, 0.15) is 17.3 Å². The van der Waals surface area contributed by atoms with E-state index in [1.807, 2.05) is 0 Å². The molecule has 9 heteroatoms. The van der Waals surface area contributed by atoms with E-state index in [4.69, 9.17) is 9.47 Å². The second kappa shape index (κ2) is 8.26. The lowest BCUT2D eigenvalue weighted by atomic mass is 9.96. The first-order valence-electron chi connectivity index (χ1n) is 8.11. The average molecular weight is 371 g/mol. The first kappa shape index (κ1) is 18.3. The Hall–Kier alpha value is -3.49. The third-order valence-corrected chi connectivity index (χ3v) is 4.01. The molecule has 8 nitrogen and oxygen atoms in total. The molecule has 0 bridgehead atoms. The molecule has 1 aromatic heterocycles. The maximum atomic E-state index is 13.1.